The van der Waals surface area contributed by atoms with E-state index in [1.54, 1.807) is 36.4 Å². The molecule has 0 saturated heterocycles. The number of carbonyl (C=O) groups excluding carboxylic acids is 1. The molecule has 0 spiro atoms. The van der Waals surface area contributed by atoms with E-state index in [1.165, 1.54) is 36.7 Å². The largest absolute Gasteiger partial charge is 0.465 e. The van der Waals surface area contributed by atoms with Crippen LogP contribution in [0.4, 0.5) is 15.6 Å². The molecule has 2 aromatic carbocycles. The molecule has 0 aliphatic rings. The van der Waals surface area contributed by atoms with Gasteiger partial charge in [0.1, 0.15) is 0 Å². The standard InChI is InChI=1S/C24H27N5O5S2/c1-16(30)27-23-28-21(13-8-17-4-9-19(10-5-17)25-15-26-24(31)32)22(35-23)14-18-6-11-20(12-7-18)36(33,34)29(2)3/h4-7,9-12,15H,8,13-14H2,1-3H3,(H,25,26)(H,31,32)(H,27,28,30). The highest BCUT2D eigenvalue weighted by Gasteiger charge is 2.18. The number of rotatable bonds is 10. The molecule has 3 aromatic rings. The smallest absolute Gasteiger partial charge is 0.409 e. The van der Waals surface area contributed by atoms with Crippen LogP contribution in [-0.2, 0) is 34.1 Å². The number of aliphatic imine (C=N–C) groups is 1. The summed E-state index contributed by atoms with van der Waals surface area (Å²) >= 11 is 1.40. The Bertz CT molecular complexity index is 1350. The number of nitrogens with one attached hydrogen (secondary N) is 2. The van der Waals surface area contributed by atoms with Crippen LogP contribution >= 0.6 is 11.3 Å². The second-order valence-electron chi connectivity index (χ2n) is 8.05. The van der Waals surface area contributed by atoms with Gasteiger partial charge in [0, 0.05) is 32.3 Å². The third-order valence-electron chi connectivity index (χ3n) is 5.12. The highest BCUT2D eigenvalue weighted by molar-refractivity contribution is 7.89. The Morgan fingerprint density at radius 2 is 1.69 bits per heavy atom. The predicted octanol–water partition coefficient (Wildman–Crippen LogP) is 3.66. The van der Waals surface area contributed by atoms with Crippen molar-refractivity contribution in [2.45, 2.75) is 31.1 Å². The number of carboxylic acid groups (broad SMARTS) is 1. The number of hydrogen-bond acceptors (Lipinski definition) is 7. The summed E-state index contributed by atoms with van der Waals surface area (Å²) in [6.07, 6.45) is 1.84. The number of amides is 2. The van der Waals surface area contributed by atoms with E-state index in [1.807, 2.05) is 12.1 Å². The molecule has 0 fully saturated rings. The van der Waals surface area contributed by atoms with Gasteiger partial charge in [-0.3, -0.25) is 10.1 Å². The first-order valence-electron chi connectivity index (χ1n) is 10.9. The number of nitrogens with zero attached hydrogens (tertiary/aromatic N) is 3. The second-order valence-corrected chi connectivity index (χ2v) is 11.3. The van der Waals surface area contributed by atoms with E-state index in [-0.39, 0.29) is 10.8 Å². The fourth-order valence-corrected chi connectivity index (χ4v) is 5.26. The van der Waals surface area contributed by atoms with Gasteiger partial charge in [0.25, 0.3) is 0 Å². The van der Waals surface area contributed by atoms with Gasteiger partial charge in [-0.05, 0) is 48.2 Å². The molecular formula is C24H27N5O5S2. The Morgan fingerprint density at radius 1 is 1.06 bits per heavy atom. The molecule has 0 atom stereocenters. The van der Waals surface area contributed by atoms with Crippen molar-refractivity contribution in [2.24, 2.45) is 4.99 Å². The normalized spacial score (nSPS) is 11.7. The van der Waals surface area contributed by atoms with Gasteiger partial charge in [-0.25, -0.2) is 27.5 Å². The van der Waals surface area contributed by atoms with Crippen molar-refractivity contribution in [3.8, 4) is 0 Å². The second kappa shape index (κ2) is 11.9. The summed E-state index contributed by atoms with van der Waals surface area (Å²) in [5.41, 5.74) is 3.47. The zero-order valence-electron chi connectivity index (χ0n) is 20.1. The van der Waals surface area contributed by atoms with Crippen molar-refractivity contribution in [1.29, 1.82) is 0 Å². The van der Waals surface area contributed by atoms with E-state index in [0.29, 0.717) is 30.1 Å². The Balaban J connectivity index is 1.74. The minimum absolute atomic E-state index is 0.200. The highest BCUT2D eigenvalue weighted by Crippen LogP contribution is 2.28. The first kappa shape index (κ1) is 27.0. The monoisotopic (exact) mass is 529 g/mol. The first-order valence-corrected chi connectivity index (χ1v) is 13.2. The molecular weight excluding hydrogens is 502 g/mol. The SMILES string of the molecule is CC(=O)Nc1nc(CCc2ccc(N=CNC(=O)O)cc2)c(Cc2ccc(S(=O)(=O)N(C)C)cc2)s1. The molecule has 10 nitrogen and oxygen atoms in total. The topological polar surface area (TPSA) is 141 Å². The maximum atomic E-state index is 12.3. The summed E-state index contributed by atoms with van der Waals surface area (Å²) < 4.78 is 25.8. The van der Waals surface area contributed by atoms with Gasteiger partial charge >= 0.3 is 6.09 Å². The van der Waals surface area contributed by atoms with Crippen LogP contribution in [0.2, 0.25) is 0 Å². The van der Waals surface area contributed by atoms with Gasteiger partial charge in [0.15, 0.2) is 5.13 Å². The number of aryl methyl sites for hydroxylation is 2. The molecule has 0 saturated carbocycles. The Hall–Kier alpha value is -3.61. The minimum Gasteiger partial charge on any atom is -0.465 e. The van der Waals surface area contributed by atoms with Crippen LogP contribution in [0.1, 0.15) is 28.6 Å². The van der Waals surface area contributed by atoms with E-state index in [0.717, 1.165) is 28.0 Å². The molecule has 3 rings (SSSR count). The summed E-state index contributed by atoms with van der Waals surface area (Å²) in [6.45, 7) is 1.43. The van der Waals surface area contributed by atoms with E-state index in [2.05, 4.69) is 20.6 Å². The molecule has 190 valence electrons. The number of aromatic nitrogens is 1. The number of sulfonamides is 1. The zero-order valence-corrected chi connectivity index (χ0v) is 21.7. The van der Waals surface area contributed by atoms with Crippen molar-refractivity contribution in [3.05, 3.63) is 70.2 Å². The van der Waals surface area contributed by atoms with E-state index >= 15 is 0 Å². The first-order chi connectivity index (χ1) is 17.0. The molecule has 0 unspecified atom stereocenters. The van der Waals surface area contributed by atoms with E-state index < -0.39 is 16.1 Å². The van der Waals surface area contributed by atoms with Gasteiger partial charge in [-0.1, -0.05) is 24.3 Å². The summed E-state index contributed by atoms with van der Waals surface area (Å²) in [5, 5.41) is 13.9. The lowest BCUT2D eigenvalue weighted by Crippen LogP contribution is -2.22. The van der Waals surface area contributed by atoms with Gasteiger partial charge in [0.2, 0.25) is 15.9 Å². The van der Waals surface area contributed by atoms with Crippen molar-refractivity contribution in [1.82, 2.24) is 14.6 Å². The number of thiazole rings is 1. The molecule has 0 aliphatic carbocycles. The third kappa shape index (κ3) is 7.44. The number of anilines is 1. The molecule has 1 heterocycles. The molecule has 3 N–H and O–H groups in total. The molecule has 1 aromatic heterocycles. The van der Waals surface area contributed by atoms with E-state index in [9.17, 15) is 18.0 Å². The van der Waals surface area contributed by atoms with Crippen LogP contribution in [0.3, 0.4) is 0 Å². The zero-order chi connectivity index (χ0) is 26.3. The molecule has 0 radical (unpaired) electrons. The molecule has 2 amide bonds. The fraction of sp³-hybridized carbons (Fsp3) is 0.250. The fourth-order valence-electron chi connectivity index (χ4n) is 3.27. The van der Waals surface area contributed by atoms with Crippen LogP contribution in [0.15, 0.2) is 58.4 Å². The molecule has 0 aliphatic heterocycles. The number of benzene rings is 2. The lowest BCUT2D eigenvalue weighted by molar-refractivity contribution is -0.114. The van der Waals surface area contributed by atoms with Crippen LogP contribution in [0.5, 0.6) is 0 Å². The summed E-state index contributed by atoms with van der Waals surface area (Å²) in [4.78, 5) is 31.9. The lowest BCUT2D eigenvalue weighted by Gasteiger charge is -2.11. The average molecular weight is 530 g/mol. The number of carbonyl (C=O) groups is 2. The van der Waals surface area contributed by atoms with Gasteiger partial charge < -0.3 is 10.4 Å². The van der Waals surface area contributed by atoms with Crippen molar-refractivity contribution in [3.63, 3.8) is 0 Å². The minimum atomic E-state index is -3.50. The molecule has 36 heavy (non-hydrogen) atoms. The van der Waals surface area contributed by atoms with Gasteiger partial charge in [-0.15, -0.1) is 11.3 Å². The number of hydrogen-bond donors (Lipinski definition) is 3. The summed E-state index contributed by atoms with van der Waals surface area (Å²) in [6, 6.07) is 14.2. The van der Waals surface area contributed by atoms with Gasteiger partial charge in [0.05, 0.1) is 22.6 Å². The molecule has 0 bridgehead atoms. The predicted molar refractivity (Wildman–Crippen MR) is 140 cm³/mol. The van der Waals surface area contributed by atoms with Crippen LogP contribution < -0.4 is 10.6 Å². The molecule has 12 heteroatoms. The van der Waals surface area contributed by atoms with Crippen molar-refractivity contribution < 1.29 is 23.1 Å². The Kier molecular flexibility index (Phi) is 8.91. The maximum Gasteiger partial charge on any atom is 0.409 e. The summed E-state index contributed by atoms with van der Waals surface area (Å²) in [5.74, 6) is -0.200. The van der Waals surface area contributed by atoms with Crippen molar-refractivity contribution >= 4 is 50.5 Å². The van der Waals surface area contributed by atoms with Crippen molar-refractivity contribution in [2.75, 3.05) is 19.4 Å². The third-order valence-corrected chi connectivity index (χ3v) is 7.96. The van der Waals surface area contributed by atoms with Crippen LogP contribution in [-0.4, -0.2) is 55.2 Å². The van der Waals surface area contributed by atoms with Crippen LogP contribution in [0, 0.1) is 0 Å². The van der Waals surface area contributed by atoms with Crippen LogP contribution in [0.25, 0.3) is 0 Å². The average Bonchev–Trinajstić information content (AvgIpc) is 3.18. The highest BCUT2D eigenvalue weighted by atomic mass is 32.2. The Labute approximate surface area is 213 Å². The van der Waals surface area contributed by atoms with Gasteiger partial charge in [-0.2, -0.15) is 0 Å². The maximum absolute atomic E-state index is 12.3. The van der Waals surface area contributed by atoms with E-state index in [4.69, 9.17) is 5.11 Å². The lowest BCUT2D eigenvalue weighted by atomic mass is 10.0. The Morgan fingerprint density at radius 3 is 2.28 bits per heavy atom. The summed E-state index contributed by atoms with van der Waals surface area (Å²) in [7, 11) is -0.510. The quantitative estimate of drug-likeness (QED) is 0.270.